The van der Waals surface area contributed by atoms with Crippen LogP contribution in [0.3, 0.4) is 0 Å². The molecule has 0 aliphatic rings. The van der Waals surface area contributed by atoms with E-state index in [2.05, 4.69) is 15.7 Å². The summed E-state index contributed by atoms with van der Waals surface area (Å²) < 4.78 is 0. The van der Waals surface area contributed by atoms with E-state index >= 15 is 0 Å². The number of hydrogen-bond donors (Lipinski definition) is 3. The maximum Gasteiger partial charge on any atom is 0.215 e. The average molecular weight is 275 g/mol. The molecule has 0 saturated heterocycles. The second-order valence-corrected chi connectivity index (χ2v) is 4.46. The zero-order valence-corrected chi connectivity index (χ0v) is 11.3. The molecule has 0 fully saturated rings. The number of nitrogens with two attached hydrogens (primary N) is 1. The lowest BCUT2D eigenvalue weighted by Crippen LogP contribution is -2.36. The molecule has 2 aromatic carbocycles. The van der Waals surface area contributed by atoms with Crippen molar-refractivity contribution in [3.05, 3.63) is 59.1 Å². The Morgan fingerprint density at radius 2 is 1.89 bits per heavy atom. The van der Waals surface area contributed by atoms with Gasteiger partial charge in [-0.3, -0.25) is 5.43 Å². The van der Waals surface area contributed by atoms with Crippen LogP contribution in [0.25, 0.3) is 0 Å². The second-order valence-electron chi connectivity index (χ2n) is 4.03. The normalized spacial score (nSPS) is 11.2. The number of para-hydroxylation sites is 1. The lowest BCUT2D eigenvalue weighted by Gasteiger charge is -2.10. The lowest BCUT2D eigenvalue weighted by molar-refractivity contribution is 1.02. The van der Waals surface area contributed by atoms with Gasteiger partial charge in [-0.05, 0) is 36.8 Å². The molecule has 2 aromatic rings. The van der Waals surface area contributed by atoms with Crippen molar-refractivity contribution in [3.63, 3.8) is 0 Å². The van der Waals surface area contributed by atoms with Gasteiger partial charge in [0.2, 0.25) is 5.96 Å². The molecule has 0 aliphatic carbocycles. The topological polar surface area (TPSA) is 62.4 Å². The number of hydrazine groups is 1. The highest BCUT2D eigenvalue weighted by atomic mass is 35.5. The van der Waals surface area contributed by atoms with E-state index in [-0.39, 0.29) is 0 Å². The molecule has 4 nitrogen and oxygen atoms in total. The van der Waals surface area contributed by atoms with Crippen molar-refractivity contribution in [3.8, 4) is 0 Å². The molecule has 98 valence electrons. The van der Waals surface area contributed by atoms with Crippen LogP contribution in [0.5, 0.6) is 0 Å². The Kier molecular flexibility index (Phi) is 4.39. The summed E-state index contributed by atoms with van der Waals surface area (Å²) in [5.41, 5.74) is 5.23. The third-order valence-electron chi connectivity index (χ3n) is 2.58. The molecular formula is C14H15ClN4. The SMILES string of the molecule is Cc1ccc(Cl)cc1N=C(NN)Nc1ccccc1. The number of nitrogens with zero attached hydrogens (tertiary/aromatic N) is 1. The van der Waals surface area contributed by atoms with Gasteiger partial charge in [-0.25, -0.2) is 10.8 Å². The fourth-order valence-electron chi connectivity index (χ4n) is 1.58. The van der Waals surface area contributed by atoms with Crippen LogP contribution in [0.1, 0.15) is 5.56 Å². The summed E-state index contributed by atoms with van der Waals surface area (Å²) >= 11 is 5.96. The number of aryl methyl sites for hydroxylation is 1. The molecule has 0 amide bonds. The molecular weight excluding hydrogens is 260 g/mol. The fraction of sp³-hybridized carbons (Fsp3) is 0.0714. The number of nitrogens with one attached hydrogen (secondary N) is 2. The molecule has 4 N–H and O–H groups in total. The zero-order chi connectivity index (χ0) is 13.7. The van der Waals surface area contributed by atoms with Crippen molar-refractivity contribution >= 4 is 28.9 Å². The van der Waals surface area contributed by atoms with Gasteiger partial charge in [0.25, 0.3) is 0 Å². The summed E-state index contributed by atoms with van der Waals surface area (Å²) in [4.78, 5) is 4.42. The van der Waals surface area contributed by atoms with Crippen LogP contribution in [0.15, 0.2) is 53.5 Å². The summed E-state index contributed by atoms with van der Waals surface area (Å²) in [6.07, 6.45) is 0. The first-order chi connectivity index (χ1) is 9.19. The quantitative estimate of drug-likeness (QED) is 0.341. The maximum atomic E-state index is 5.96. The standard InChI is InChI=1S/C14H15ClN4/c1-10-7-8-11(15)9-13(10)18-14(19-16)17-12-5-3-2-4-6-12/h2-9H,16H2,1H3,(H2,17,18,19). The number of aliphatic imine (C=N–C) groups is 1. The minimum Gasteiger partial charge on any atom is -0.325 e. The molecule has 0 radical (unpaired) electrons. The van der Waals surface area contributed by atoms with Crippen LogP contribution in [0.4, 0.5) is 11.4 Å². The Hall–Kier alpha value is -2.04. The minimum absolute atomic E-state index is 0.455. The summed E-state index contributed by atoms with van der Waals surface area (Å²) in [7, 11) is 0. The molecule has 19 heavy (non-hydrogen) atoms. The monoisotopic (exact) mass is 274 g/mol. The van der Waals surface area contributed by atoms with Crippen molar-refractivity contribution < 1.29 is 0 Å². The van der Waals surface area contributed by atoms with E-state index in [1.165, 1.54) is 0 Å². The van der Waals surface area contributed by atoms with Crippen LogP contribution in [-0.4, -0.2) is 5.96 Å². The predicted molar refractivity (Wildman–Crippen MR) is 80.7 cm³/mol. The van der Waals surface area contributed by atoms with E-state index in [1.807, 2.05) is 49.4 Å². The van der Waals surface area contributed by atoms with E-state index in [4.69, 9.17) is 17.4 Å². The van der Waals surface area contributed by atoms with Crippen molar-refractivity contribution in [1.29, 1.82) is 0 Å². The summed E-state index contributed by atoms with van der Waals surface area (Å²) in [5, 5.41) is 3.73. The molecule has 0 aromatic heterocycles. The summed E-state index contributed by atoms with van der Waals surface area (Å²) in [6, 6.07) is 15.2. The maximum absolute atomic E-state index is 5.96. The van der Waals surface area contributed by atoms with Crippen LogP contribution in [-0.2, 0) is 0 Å². The van der Waals surface area contributed by atoms with Gasteiger partial charge in [-0.2, -0.15) is 0 Å². The molecule has 0 aliphatic heterocycles. The van der Waals surface area contributed by atoms with Crippen LogP contribution in [0, 0.1) is 6.92 Å². The first kappa shape index (κ1) is 13.4. The Morgan fingerprint density at radius 1 is 1.16 bits per heavy atom. The number of hydrogen-bond acceptors (Lipinski definition) is 2. The largest absolute Gasteiger partial charge is 0.325 e. The average Bonchev–Trinajstić information content (AvgIpc) is 2.43. The third-order valence-corrected chi connectivity index (χ3v) is 2.81. The van der Waals surface area contributed by atoms with E-state index in [0.717, 1.165) is 16.9 Å². The van der Waals surface area contributed by atoms with Gasteiger partial charge in [-0.1, -0.05) is 35.9 Å². The fourth-order valence-corrected chi connectivity index (χ4v) is 1.74. The molecule has 0 bridgehead atoms. The van der Waals surface area contributed by atoms with Crippen LogP contribution < -0.4 is 16.6 Å². The van der Waals surface area contributed by atoms with Gasteiger partial charge in [-0.15, -0.1) is 0 Å². The number of anilines is 1. The highest BCUT2D eigenvalue weighted by molar-refractivity contribution is 6.30. The number of benzene rings is 2. The van der Waals surface area contributed by atoms with Crippen molar-refractivity contribution in [2.45, 2.75) is 6.92 Å². The van der Waals surface area contributed by atoms with Crippen LogP contribution in [0.2, 0.25) is 5.02 Å². The third kappa shape index (κ3) is 3.71. The van der Waals surface area contributed by atoms with E-state index in [0.29, 0.717) is 11.0 Å². The molecule has 5 heteroatoms. The molecule has 2 rings (SSSR count). The van der Waals surface area contributed by atoms with Gasteiger partial charge in [0, 0.05) is 10.7 Å². The number of guanidine groups is 1. The number of rotatable bonds is 2. The Balaban J connectivity index is 2.26. The van der Waals surface area contributed by atoms with Gasteiger partial charge >= 0.3 is 0 Å². The minimum atomic E-state index is 0.455. The van der Waals surface area contributed by atoms with Crippen molar-refractivity contribution in [2.24, 2.45) is 10.8 Å². The molecule has 0 spiro atoms. The van der Waals surface area contributed by atoms with Gasteiger partial charge < -0.3 is 5.32 Å². The Morgan fingerprint density at radius 3 is 2.58 bits per heavy atom. The lowest BCUT2D eigenvalue weighted by atomic mass is 10.2. The van der Waals surface area contributed by atoms with Gasteiger partial charge in [0.1, 0.15) is 0 Å². The van der Waals surface area contributed by atoms with Gasteiger partial charge in [0.15, 0.2) is 0 Å². The Bertz CT molecular complexity index is 581. The zero-order valence-electron chi connectivity index (χ0n) is 10.5. The smallest absolute Gasteiger partial charge is 0.215 e. The molecule has 0 unspecified atom stereocenters. The van der Waals surface area contributed by atoms with Crippen molar-refractivity contribution in [2.75, 3.05) is 5.32 Å². The summed E-state index contributed by atoms with van der Waals surface area (Å²) in [5.74, 6) is 5.94. The Labute approximate surface area is 117 Å². The number of halogens is 1. The second kappa shape index (κ2) is 6.22. The highest BCUT2D eigenvalue weighted by Crippen LogP contribution is 2.23. The van der Waals surface area contributed by atoms with Crippen LogP contribution >= 0.6 is 11.6 Å². The first-order valence-electron chi connectivity index (χ1n) is 5.82. The molecule has 0 heterocycles. The summed E-state index contributed by atoms with van der Waals surface area (Å²) in [6.45, 7) is 1.96. The molecule has 0 atom stereocenters. The first-order valence-corrected chi connectivity index (χ1v) is 6.20. The molecule has 0 saturated carbocycles. The van der Waals surface area contributed by atoms with Crippen molar-refractivity contribution in [1.82, 2.24) is 5.43 Å². The van der Waals surface area contributed by atoms with E-state index < -0.39 is 0 Å². The van der Waals surface area contributed by atoms with E-state index in [9.17, 15) is 0 Å². The highest BCUT2D eigenvalue weighted by Gasteiger charge is 2.02. The predicted octanol–water partition coefficient (Wildman–Crippen LogP) is 3.21. The van der Waals surface area contributed by atoms with Gasteiger partial charge in [0.05, 0.1) is 5.69 Å². The van der Waals surface area contributed by atoms with E-state index in [1.54, 1.807) is 6.07 Å².